The van der Waals surface area contributed by atoms with Crippen LogP contribution in [0.3, 0.4) is 0 Å². The van der Waals surface area contributed by atoms with Gasteiger partial charge in [-0.2, -0.15) is 0 Å². The number of rotatable bonds is 10. The topological polar surface area (TPSA) is 17.1 Å². The normalized spacial score (nSPS) is 11.1. The molecule has 0 aliphatic rings. The van der Waals surface area contributed by atoms with Crippen LogP contribution >= 0.6 is 27.7 Å². The van der Waals surface area contributed by atoms with Crippen molar-refractivity contribution in [1.29, 1.82) is 0 Å². The van der Waals surface area contributed by atoms with E-state index in [1.54, 1.807) is 6.08 Å². The van der Waals surface area contributed by atoms with E-state index in [-0.39, 0.29) is 5.78 Å². The minimum atomic E-state index is 0.0380. The average molecular weight is 417 g/mol. The van der Waals surface area contributed by atoms with Gasteiger partial charge in [0.05, 0.1) is 0 Å². The van der Waals surface area contributed by atoms with Crippen molar-refractivity contribution in [3.05, 3.63) is 70.2 Å². The molecule has 3 heteroatoms. The molecule has 0 aliphatic heterocycles. The van der Waals surface area contributed by atoms with Crippen LogP contribution in [-0.2, 0) is 0 Å². The van der Waals surface area contributed by atoms with Gasteiger partial charge in [-0.25, -0.2) is 0 Å². The van der Waals surface area contributed by atoms with Gasteiger partial charge in [-0.3, -0.25) is 4.79 Å². The zero-order valence-corrected chi connectivity index (χ0v) is 17.1. The quantitative estimate of drug-likeness (QED) is 0.173. The van der Waals surface area contributed by atoms with Crippen LogP contribution in [0.1, 0.15) is 54.9 Å². The molecule has 1 nitrogen and oxygen atoms in total. The average Bonchev–Trinajstić information content (AvgIpc) is 2.63. The molecule has 0 spiro atoms. The van der Waals surface area contributed by atoms with Crippen LogP contribution in [0.4, 0.5) is 0 Å². The summed E-state index contributed by atoms with van der Waals surface area (Å²) in [5.41, 5.74) is 1.75. The number of hydrogen-bond donors (Lipinski definition) is 0. The van der Waals surface area contributed by atoms with E-state index in [0.717, 1.165) is 21.4 Å². The van der Waals surface area contributed by atoms with E-state index in [0.29, 0.717) is 0 Å². The standard InChI is InChI=1S/C22H25BrOS/c1-2-3-4-5-6-16-25-21-13-11-19(12-14-21)22(24)15-10-18-8-7-9-20(23)17-18/h7-15,17H,2-6,16H2,1H3. The molecule has 0 radical (unpaired) electrons. The molecule has 0 saturated carbocycles. The number of halogens is 1. The Kier molecular flexibility index (Phi) is 9.06. The fraction of sp³-hybridized carbons (Fsp3) is 0.318. The first-order chi connectivity index (χ1) is 12.2. The van der Waals surface area contributed by atoms with Crippen LogP contribution in [0.25, 0.3) is 6.08 Å². The minimum Gasteiger partial charge on any atom is -0.289 e. The zero-order valence-electron chi connectivity index (χ0n) is 14.7. The third-order valence-electron chi connectivity index (χ3n) is 3.93. The third kappa shape index (κ3) is 7.62. The van der Waals surface area contributed by atoms with Crippen LogP contribution in [0, 0.1) is 0 Å². The number of unbranched alkanes of at least 4 members (excludes halogenated alkanes) is 4. The number of allylic oxidation sites excluding steroid dienone is 1. The molecule has 0 heterocycles. The number of benzene rings is 2. The Hall–Kier alpha value is -1.32. The molecular weight excluding hydrogens is 392 g/mol. The molecule has 2 aromatic rings. The SMILES string of the molecule is CCCCCCCSc1ccc(C(=O)C=Cc2cccc(Br)c2)cc1. The lowest BCUT2D eigenvalue weighted by atomic mass is 10.1. The van der Waals surface area contributed by atoms with Gasteiger partial charge in [0, 0.05) is 14.9 Å². The summed E-state index contributed by atoms with van der Waals surface area (Å²) in [7, 11) is 0. The molecule has 2 aromatic carbocycles. The lowest BCUT2D eigenvalue weighted by molar-refractivity contribution is 0.104. The molecular formula is C22H25BrOS. The van der Waals surface area contributed by atoms with Gasteiger partial charge in [0.15, 0.2) is 5.78 Å². The van der Waals surface area contributed by atoms with Crippen molar-refractivity contribution in [2.45, 2.75) is 43.9 Å². The molecule has 132 valence electrons. The second-order valence-corrected chi connectivity index (χ2v) is 8.12. The minimum absolute atomic E-state index is 0.0380. The van der Waals surface area contributed by atoms with E-state index in [2.05, 4.69) is 35.0 Å². The van der Waals surface area contributed by atoms with Crippen LogP contribution < -0.4 is 0 Å². The third-order valence-corrected chi connectivity index (χ3v) is 5.52. The molecule has 0 atom stereocenters. The Balaban J connectivity index is 1.81. The second-order valence-electron chi connectivity index (χ2n) is 6.04. The molecule has 0 bridgehead atoms. The predicted molar refractivity (Wildman–Crippen MR) is 113 cm³/mol. The Labute approximate surface area is 164 Å². The van der Waals surface area contributed by atoms with E-state index in [9.17, 15) is 4.79 Å². The Bertz CT molecular complexity index is 691. The summed E-state index contributed by atoms with van der Waals surface area (Å²) >= 11 is 5.32. The van der Waals surface area contributed by atoms with E-state index in [1.807, 2.05) is 54.2 Å². The Morgan fingerprint density at radius 1 is 1.04 bits per heavy atom. The van der Waals surface area contributed by atoms with Gasteiger partial charge in [-0.1, -0.05) is 66.7 Å². The largest absolute Gasteiger partial charge is 0.289 e. The van der Waals surface area contributed by atoms with E-state index < -0.39 is 0 Å². The highest BCUT2D eigenvalue weighted by atomic mass is 79.9. The van der Waals surface area contributed by atoms with Crippen molar-refractivity contribution in [2.24, 2.45) is 0 Å². The summed E-state index contributed by atoms with van der Waals surface area (Å²) in [5, 5.41) is 0. The maximum absolute atomic E-state index is 12.3. The summed E-state index contributed by atoms with van der Waals surface area (Å²) < 4.78 is 1.01. The Morgan fingerprint density at radius 3 is 2.52 bits per heavy atom. The highest BCUT2D eigenvalue weighted by molar-refractivity contribution is 9.10. The van der Waals surface area contributed by atoms with Crippen molar-refractivity contribution < 1.29 is 4.79 Å². The van der Waals surface area contributed by atoms with Gasteiger partial charge in [-0.05, 0) is 60.2 Å². The second kappa shape index (κ2) is 11.3. The summed E-state index contributed by atoms with van der Waals surface area (Å²) in [5.74, 6) is 1.19. The van der Waals surface area contributed by atoms with Gasteiger partial charge < -0.3 is 0 Å². The molecule has 0 saturated heterocycles. The molecule has 0 N–H and O–H groups in total. The highest BCUT2D eigenvalue weighted by Gasteiger charge is 2.02. The van der Waals surface area contributed by atoms with Crippen molar-refractivity contribution >= 4 is 39.6 Å². The smallest absolute Gasteiger partial charge is 0.185 e. The molecule has 0 aliphatic carbocycles. The number of thioether (sulfide) groups is 1. The molecule has 0 aromatic heterocycles. The van der Waals surface area contributed by atoms with Gasteiger partial charge in [0.1, 0.15) is 0 Å². The van der Waals surface area contributed by atoms with Crippen LogP contribution in [0.15, 0.2) is 64.0 Å². The Morgan fingerprint density at radius 2 is 1.80 bits per heavy atom. The van der Waals surface area contributed by atoms with Crippen LogP contribution in [-0.4, -0.2) is 11.5 Å². The first-order valence-corrected chi connectivity index (χ1v) is 10.7. The molecule has 0 fully saturated rings. The first-order valence-electron chi connectivity index (χ1n) is 8.90. The monoisotopic (exact) mass is 416 g/mol. The molecule has 0 unspecified atom stereocenters. The number of hydrogen-bond acceptors (Lipinski definition) is 2. The van der Waals surface area contributed by atoms with Crippen molar-refractivity contribution in [2.75, 3.05) is 5.75 Å². The van der Waals surface area contributed by atoms with Crippen LogP contribution in [0.2, 0.25) is 0 Å². The molecule has 2 rings (SSSR count). The fourth-order valence-corrected chi connectivity index (χ4v) is 3.82. The van der Waals surface area contributed by atoms with Crippen LogP contribution in [0.5, 0.6) is 0 Å². The fourth-order valence-electron chi connectivity index (χ4n) is 2.49. The lowest BCUT2D eigenvalue weighted by Crippen LogP contribution is -1.93. The summed E-state index contributed by atoms with van der Waals surface area (Å²) in [6.45, 7) is 2.24. The molecule has 25 heavy (non-hydrogen) atoms. The van der Waals surface area contributed by atoms with Gasteiger partial charge in [-0.15, -0.1) is 11.8 Å². The van der Waals surface area contributed by atoms with E-state index in [1.165, 1.54) is 37.0 Å². The van der Waals surface area contributed by atoms with E-state index >= 15 is 0 Å². The summed E-state index contributed by atoms with van der Waals surface area (Å²) in [6.07, 6.45) is 10.0. The van der Waals surface area contributed by atoms with Crippen molar-refractivity contribution in [1.82, 2.24) is 0 Å². The number of carbonyl (C=O) groups is 1. The predicted octanol–water partition coefficient (Wildman–Crippen LogP) is 7.41. The summed E-state index contributed by atoms with van der Waals surface area (Å²) in [4.78, 5) is 13.5. The summed E-state index contributed by atoms with van der Waals surface area (Å²) in [6, 6.07) is 15.9. The van der Waals surface area contributed by atoms with Gasteiger partial charge in [0.25, 0.3) is 0 Å². The van der Waals surface area contributed by atoms with Crippen molar-refractivity contribution in [3.63, 3.8) is 0 Å². The first kappa shape index (κ1) is 20.0. The number of ketones is 1. The molecule has 0 amide bonds. The maximum atomic E-state index is 12.3. The zero-order chi connectivity index (χ0) is 17.9. The van der Waals surface area contributed by atoms with E-state index in [4.69, 9.17) is 0 Å². The highest BCUT2D eigenvalue weighted by Crippen LogP contribution is 2.21. The van der Waals surface area contributed by atoms with Crippen molar-refractivity contribution in [3.8, 4) is 0 Å². The van der Waals surface area contributed by atoms with Gasteiger partial charge >= 0.3 is 0 Å². The van der Waals surface area contributed by atoms with Gasteiger partial charge in [0.2, 0.25) is 0 Å². The number of carbonyl (C=O) groups excluding carboxylic acids is 1. The lowest BCUT2D eigenvalue weighted by Gasteiger charge is -2.03. The maximum Gasteiger partial charge on any atom is 0.185 e.